The molecule has 4 nitrogen and oxygen atoms in total. The molecule has 2 aromatic rings. The van der Waals surface area contributed by atoms with E-state index in [9.17, 15) is 0 Å². The monoisotopic (exact) mass is 258 g/mol. The predicted molar refractivity (Wildman–Crippen MR) is 80.2 cm³/mol. The molecule has 1 atom stereocenters. The van der Waals surface area contributed by atoms with E-state index in [-0.39, 0.29) is 0 Å². The summed E-state index contributed by atoms with van der Waals surface area (Å²) in [5, 5.41) is 3.41. The summed E-state index contributed by atoms with van der Waals surface area (Å²) in [5.41, 5.74) is 8.45. The Kier molecular flexibility index (Phi) is 4.68. The zero-order valence-electron chi connectivity index (χ0n) is 11.7. The SMILES string of the molecule is CCC(CCN)CNc1nc2ccccc2nc1C. The fourth-order valence-electron chi connectivity index (χ4n) is 2.18. The Hall–Kier alpha value is -1.68. The smallest absolute Gasteiger partial charge is 0.148 e. The highest BCUT2D eigenvalue weighted by Gasteiger charge is 2.08. The van der Waals surface area contributed by atoms with Crippen molar-refractivity contribution in [2.75, 3.05) is 18.4 Å². The maximum atomic E-state index is 5.62. The number of fused-ring (bicyclic) bond motifs is 1. The molecule has 0 saturated carbocycles. The minimum absolute atomic E-state index is 0.595. The highest BCUT2D eigenvalue weighted by Crippen LogP contribution is 2.17. The van der Waals surface area contributed by atoms with Gasteiger partial charge in [-0.2, -0.15) is 0 Å². The van der Waals surface area contributed by atoms with Crippen LogP contribution in [0.1, 0.15) is 25.5 Å². The van der Waals surface area contributed by atoms with Gasteiger partial charge in [0.1, 0.15) is 5.82 Å². The summed E-state index contributed by atoms with van der Waals surface area (Å²) in [6, 6.07) is 7.95. The predicted octanol–water partition coefficient (Wildman–Crippen LogP) is 2.73. The van der Waals surface area contributed by atoms with Crippen molar-refractivity contribution in [2.24, 2.45) is 11.7 Å². The number of aryl methyl sites for hydroxylation is 1. The fourth-order valence-corrected chi connectivity index (χ4v) is 2.18. The van der Waals surface area contributed by atoms with Crippen molar-refractivity contribution >= 4 is 16.9 Å². The maximum absolute atomic E-state index is 5.62. The molecule has 1 unspecified atom stereocenters. The van der Waals surface area contributed by atoms with Crippen molar-refractivity contribution in [1.82, 2.24) is 9.97 Å². The molecule has 0 fully saturated rings. The second kappa shape index (κ2) is 6.48. The van der Waals surface area contributed by atoms with E-state index in [0.717, 1.165) is 48.5 Å². The Morgan fingerprint density at radius 1 is 1.21 bits per heavy atom. The first-order valence-corrected chi connectivity index (χ1v) is 6.92. The molecule has 102 valence electrons. The molecule has 0 amide bonds. The number of nitrogens with two attached hydrogens (primary N) is 1. The van der Waals surface area contributed by atoms with Crippen LogP contribution in [0.5, 0.6) is 0 Å². The van der Waals surface area contributed by atoms with Crippen LogP contribution in [0.3, 0.4) is 0 Å². The van der Waals surface area contributed by atoms with E-state index in [1.165, 1.54) is 0 Å². The van der Waals surface area contributed by atoms with Gasteiger partial charge in [0.25, 0.3) is 0 Å². The topological polar surface area (TPSA) is 63.8 Å². The van der Waals surface area contributed by atoms with Crippen LogP contribution in [0.2, 0.25) is 0 Å². The zero-order chi connectivity index (χ0) is 13.7. The van der Waals surface area contributed by atoms with Gasteiger partial charge in [0.05, 0.1) is 16.7 Å². The average Bonchev–Trinajstić information content (AvgIpc) is 2.43. The third kappa shape index (κ3) is 3.41. The van der Waals surface area contributed by atoms with E-state index in [0.29, 0.717) is 5.92 Å². The lowest BCUT2D eigenvalue weighted by Crippen LogP contribution is -2.18. The Balaban J connectivity index is 2.13. The Morgan fingerprint density at radius 3 is 2.53 bits per heavy atom. The fraction of sp³-hybridized carbons (Fsp3) is 0.467. The van der Waals surface area contributed by atoms with Gasteiger partial charge in [0, 0.05) is 6.54 Å². The van der Waals surface area contributed by atoms with Gasteiger partial charge >= 0.3 is 0 Å². The van der Waals surface area contributed by atoms with Crippen LogP contribution in [0.4, 0.5) is 5.82 Å². The first kappa shape index (κ1) is 13.7. The van der Waals surface area contributed by atoms with Crippen molar-refractivity contribution in [3.05, 3.63) is 30.0 Å². The van der Waals surface area contributed by atoms with E-state index >= 15 is 0 Å². The normalized spacial score (nSPS) is 12.6. The number of hydrogen-bond acceptors (Lipinski definition) is 4. The Morgan fingerprint density at radius 2 is 1.89 bits per heavy atom. The van der Waals surface area contributed by atoms with Gasteiger partial charge in [-0.15, -0.1) is 0 Å². The quantitative estimate of drug-likeness (QED) is 0.836. The number of anilines is 1. The van der Waals surface area contributed by atoms with Crippen molar-refractivity contribution in [3.63, 3.8) is 0 Å². The highest BCUT2D eigenvalue weighted by molar-refractivity contribution is 5.76. The molecule has 0 spiro atoms. The Bertz CT molecular complexity index is 539. The molecule has 0 aliphatic heterocycles. The van der Waals surface area contributed by atoms with Crippen molar-refractivity contribution in [1.29, 1.82) is 0 Å². The molecular formula is C15H22N4. The maximum Gasteiger partial charge on any atom is 0.148 e. The standard InChI is InChI=1S/C15H22N4/c1-3-12(8-9-16)10-17-15-11(2)18-13-6-4-5-7-14(13)19-15/h4-7,12H,3,8-10,16H2,1-2H3,(H,17,19). The molecule has 1 heterocycles. The molecule has 1 aromatic heterocycles. The molecule has 0 radical (unpaired) electrons. The average molecular weight is 258 g/mol. The van der Waals surface area contributed by atoms with Crippen molar-refractivity contribution in [2.45, 2.75) is 26.7 Å². The molecule has 3 N–H and O–H groups in total. The highest BCUT2D eigenvalue weighted by atomic mass is 15.0. The zero-order valence-corrected chi connectivity index (χ0v) is 11.7. The molecule has 2 rings (SSSR count). The first-order chi connectivity index (χ1) is 9.24. The van der Waals surface area contributed by atoms with E-state index < -0.39 is 0 Å². The number of rotatable bonds is 6. The second-order valence-electron chi connectivity index (χ2n) is 4.88. The summed E-state index contributed by atoms with van der Waals surface area (Å²) in [7, 11) is 0. The van der Waals surface area contributed by atoms with Crippen LogP contribution in [0.25, 0.3) is 11.0 Å². The summed E-state index contributed by atoms with van der Waals surface area (Å²) < 4.78 is 0. The second-order valence-corrected chi connectivity index (χ2v) is 4.88. The van der Waals surface area contributed by atoms with E-state index in [4.69, 9.17) is 5.73 Å². The lowest BCUT2D eigenvalue weighted by molar-refractivity contribution is 0.501. The number of para-hydroxylation sites is 2. The van der Waals surface area contributed by atoms with Crippen LogP contribution in [0, 0.1) is 12.8 Å². The first-order valence-electron chi connectivity index (χ1n) is 6.92. The lowest BCUT2D eigenvalue weighted by atomic mass is 10.0. The van der Waals surface area contributed by atoms with Gasteiger partial charge in [-0.25, -0.2) is 9.97 Å². The molecule has 4 heteroatoms. The van der Waals surface area contributed by atoms with Crippen molar-refractivity contribution < 1.29 is 0 Å². The van der Waals surface area contributed by atoms with Gasteiger partial charge in [0.2, 0.25) is 0 Å². The molecule has 0 saturated heterocycles. The van der Waals surface area contributed by atoms with E-state index in [1.54, 1.807) is 0 Å². The summed E-state index contributed by atoms with van der Waals surface area (Å²) >= 11 is 0. The summed E-state index contributed by atoms with van der Waals surface area (Å²) in [5.74, 6) is 1.48. The summed E-state index contributed by atoms with van der Waals surface area (Å²) in [6.07, 6.45) is 2.17. The van der Waals surface area contributed by atoms with Crippen molar-refractivity contribution in [3.8, 4) is 0 Å². The lowest BCUT2D eigenvalue weighted by Gasteiger charge is -2.16. The minimum Gasteiger partial charge on any atom is -0.368 e. The third-order valence-corrected chi connectivity index (χ3v) is 3.46. The van der Waals surface area contributed by atoms with Gasteiger partial charge in [-0.3, -0.25) is 0 Å². The number of aromatic nitrogens is 2. The number of nitrogens with one attached hydrogen (secondary N) is 1. The Labute approximate surface area is 114 Å². The van der Waals surface area contributed by atoms with E-state index in [2.05, 4.69) is 22.2 Å². The summed E-state index contributed by atoms with van der Waals surface area (Å²) in [6.45, 7) is 5.83. The molecule has 19 heavy (non-hydrogen) atoms. The molecule has 0 aliphatic rings. The molecular weight excluding hydrogens is 236 g/mol. The van der Waals surface area contributed by atoms with Gasteiger partial charge in [-0.05, 0) is 37.9 Å². The van der Waals surface area contributed by atoms with Crippen LogP contribution < -0.4 is 11.1 Å². The number of benzene rings is 1. The molecule has 1 aromatic carbocycles. The molecule has 0 bridgehead atoms. The van der Waals surface area contributed by atoms with Crippen LogP contribution in [-0.2, 0) is 0 Å². The summed E-state index contributed by atoms with van der Waals surface area (Å²) in [4.78, 5) is 9.21. The third-order valence-electron chi connectivity index (χ3n) is 3.46. The largest absolute Gasteiger partial charge is 0.368 e. The number of hydrogen-bond donors (Lipinski definition) is 2. The van der Waals surface area contributed by atoms with Crippen LogP contribution in [-0.4, -0.2) is 23.1 Å². The van der Waals surface area contributed by atoms with Gasteiger partial charge in [-0.1, -0.05) is 25.5 Å². The van der Waals surface area contributed by atoms with Crippen LogP contribution in [0.15, 0.2) is 24.3 Å². The van der Waals surface area contributed by atoms with Gasteiger partial charge in [0.15, 0.2) is 0 Å². The van der Waals surface area contributed by atoms with Crippen LogP contribution >= 0.6 is 0 Å². The molecule has 0 aliphatic carbocycles. The minimum atomic E-state index is 0.595. The van der Waals surface area contributed by atoms with Gasteiger partial charge < -0.3 is 11.1 Å². The van der Waals surface area contributed by atoms with E-state index in [1.807, 2.05) is 31.2 Å². The number of nitrogens with zero attached hydrogens (tertiary/aromatic N) is 2.